The van der Waals surface area contributed by atoms with Gasteiger partial charge in [0.05, 0.1) is 6.33 Å². The molecule has 0 saturated heterocycles. The van der Waals surface area contributed by atoms with E-state index in [0.29, 0.717) is 28.9 Å². The Morgan fingerprint density at radius 1 is 1.57 bits per heavy atom. The number of hydrogen-bond donors (Lipinski definition) is 3. The average molecular weight is 294 g/mol. The van der Waals surface area contributed by atoms with Gasteiger partial charge in [0.2, 0.25) is 5.91 Å². The number of nitrogens with one attached hydrogen (secondary N) is 1. The van der Waals surface area contributed by atoms with Crippen LogP contribution >= 0.6 is 0 Å². The van der Waals surface area contributed by atoms with E-state index in [1.807, 2.05) is 0 Å². The number of carboxylic acids is 1. The van der Waals surface area contributed by atoms with Crippen molar-refractivity contribution in [2.24, 2.45) is 11.7 Å². The van der Waals surface area contributed by atoms with Crippen molar-refractivity contribution in [1.82, 2.24) is 0 Å². The molecule has 1 aromatic rings. The Bertz CT molecular complexity index is 601. The Morgan fingerprint density at radius 2 is 2.33 bits per heavy atom. The van der Waals surface area contributed by atoms with Crippen LogP contribution in [0.4, 0.5) is 10.1 Å². The van der Waals surface area contributed by atoms with Crippen LogP contribution in [-0.2, 0) is 16.0 Å². The summed E-state index contributed by atoms with van der Waals surface area (Å²) in [4.78, 5) is 22.6. The molecule has 1 aromatic carbocycles. The molecule has 0 saturated carbocycles. The van der Waals surface area contributed by atoms with Crippen molar-refractivity contribution in [3.05, 3.63) is 35.7 Å². The smallest absolute Gasteiger partial charge is 0.316 e. The number of benzene rings is 1. The molecule has 7 heteroatoms. The van der Waals surface area contributed by atoms with Crippen LogP contribution in [-0.4, -0.2) is 30.1 Å². The fourth-order valence-electron chi connectivity index (χ4n) is 1.99. The second kappa shape index (κ2) is 6.36. The van der Waals surface area contributed by atoms with Gasteiger partial charge in [0, 0.05) is 17.8 Å². The number of carboxylic acid groups (broad SMARTS) is 1. The van der Waals surface area contributed by atoms with Crippen molar-refractivity contribution >= 4 is 17.6 Å². The van der Waals surface area contributed by atoms with Gasteiger partial charge >= 0.3 is 5.97 Å². The van der Waals surface area contributed by atoms with Gasteiger partial charge in [0.25, 0.3) is 0 Å². The van der Waals surface area contributed by atoms with Crippen molar-refractivity contribution in [2.75, 3.05) is 18.5 Å². The molecule has 1 amide bonds. The molecular formula is C14H15FN2O4. The fourth-order valence-corrected chi connectivity index (χ4v) is 1.99. The van der Waals surface area contributed by atoms with Gasteiger partial charge in [-0.1, -0.05) is 0 Å². The molecular weight excluding hydrogens is 279 g/mol. The summed E-state index contributed by atoms with van der Waals surface area (Å²) >= 11 is 0. The van der Waals surface area contributed by atoms with Crippen LogP contribution < -0.4 is 15.8 Å². The van der Waals surface area contributed by atoms with E-state index in [2.05, 4.69) is 5.32 Å². The zero-order chi connectivity index (χ0) is 15.4. The summed E-state index contributed by atoms with van der Waals surface area (Å²) in [5, 5.41) is 11.5. The normalized spacial score (nSPS) is 17.9. The molecule has 0 radical (unpaired) electrons. The van der Waals surface area contributed by atoms with E-state index in [0.717, 1.165) is 0 Å². The largest absolute Gasteiger partial charge is 0.489 e. The molecule has 0 bridgehead atoms. The highest BCUT2D eigenvalue weighted by atomic mass is 19.1. The number of carbonyl (C=O) groups is 2. The van der Waals surface area contributed by atoms with Gasteiger partial charge in [-0.2, -0.15) is 0 Å². The van der Waals surface area contributed by atoms with Gasteiger partial charge in [0.1, 0.15) is 18.3 Å². The summed E-state index contributed by atoms with van der Waals surface area (Å²) in [7, 11) is 0. The first kappa shape index (κ1) is 15.0. The van der Waals surface area contributed by atoms with Crippen LogP contribution in [0.25, 0.3) is 0 Å². The predicted octanol–water partition coefficient (Wildman–Crippen LogP) is 1.07. The number of fused-ring (bicyclic) bond motifs is 1. The lowest BCUT2D eigenvalue weighted by Gasteiger charge is -2.22. The number of anilines is 1. The first-order valence-electron chi connectivity index (χ1n) is 6.32. The van der Waals surface area contributed by atoms with Gasteiger partial charge in [-0.05, 0) is 30.2 Å². The minimum Gasteiger partial charge on any atom is -0.489 e. The Hall–Kier alpha value is -2.41. The monoisotopic (exact) mass is 294 g/mol. The minimum absolute atomic E-state index is 0.0144. The standard InChI is InChI=1S/C14H15FN2O4/c15-5-8(6-16)7-21-10-1-2-12-9(3-10)4-11(14(19)20)13(18)17-12/h1-3,5,11H,4,6-7,16H2,(H,17,18)(H,19,20)/b8-5+. The van der Waals surface area contributed by atoms with Crippen LogP contribution in [0, 0.1) is 5.92 Å². The molecule has 1 unspecified atom stereocenters. The predicted molar refractivity (Wildman–Crippen MR) is 73.6 cm³/mol. The van der Waals surface area contributed by atoms with Crippen molar-refractivity contribution in [2.45, 2.75) is 6.42 Å². The second-order valence-electron chi connectivity index (χ2n) is 4.66. The molecule has 0 fully saturated rings. The summed E-state index contributed by atoms with van der Waals surface area (Å²) in [5.41, 5.74) is 6.86. The molecule has 1 atom stereocenters. The van der Waals surface area contributed by atoms with E-state index < -0.39 is 17.8 Å². The van der Waals surface area contributed by atoms with E-state index in [9.17, 15) is 14.0 Å². The Kier molecular flexibility index (Phi) is 4.54. The molecule has 1 heterocycles. The zero-order valence-electron chi connectivity index (χ0n) is 11.1. The highest BCUT2D eigenvalue weighted by Crippen LogP contribution is 2.29. The van der Waals surface area contributed by atoms with Gasteiger partial charge in [-0.3, -0.25) is 9.59 Å². The summed E-state index contributed by atoms with van der Waals surface area (Å²) in [5.74, 6) is -2.36. The SMILES string of the molecule is NC/C(=C\F)COc1ccc2c(c1)CC(C(=O)O)C(=O)N2. The second-order valence-corrected chi connectivity index (χ2v) is 4.66. The van der Waals surface area contributed by atoms with Gasteiger partial charge in [-0.15, -0.1) is 0 Å². The molecule has 6 nitrogen and oxygen atoms in total. The molecule has 21 heavy (non-hydrogen) atoms. The summed E-state index contributed by atoms with van der Waals surface area (Å²) in [6.45, 7) is 0.0685. The molecule has 0 aromatic heterocycles. The van der Waals surface area contributed by atoms with Crippen molar-refractivity contribution < 1.29 is 23.8 Å². The molecule has 1 aliphatic rings. The Labute approximate surface area is 120 Å². The van der Waals surface area contributed by atoms with Crippen molar-refractivity contribution in [3.63, 3.8) is 0 Å². The van der Waals surface area contributed by atoms with E-state index in [-0.39, 0.29) is 19.6 Å². The highest BCUT2D eigenvalue weighted by Gasteiger charge is 2.32. The van der Waals surface area contributed by atoms with Crippen LogP contribution in [0.15, 0.2) is 30.1 Å². The maximum atomic E-state index is 12.4. The third kappa shape index (κ3) is 3.38. The zero-order valence-corrected chi connectivity index (χ0v) is 11.1. The van der Waals surface area contributed by atoms with E-state index in [1.165, 1.54) is 0 Å². The highest BCUT2D eigenvalue weighted by molar-refractivity contribution is 6.06. The summed E-state index contributed by atoms with van der Waals surface area (Å²) in [6, 6.07) is 4.88. The molecule has 4 N–H and O–H groups in total. The molecule has 0 aliphatic carbocycles. The van der Waals surface area contributed by atoms with Crippen LogP contribution in [0.2, 0.25) is 0 Å². The van der Waals surface area contributed by atoms with Gasteiger partial charge in [0.15, 0.2) is 0 Å². The van der Waals surface area contributed by atoms with Gasteiger partial charge < -0.3 is 20.9 Å². The quantitative estimate of drug-likeness (QED) is 0.705. The number of aliphatic carboxylic acids is 1. The minimum atomic E-state index is -1.17. The van der Waals surface area contributed by atoms with Crippen molar-refractivity contribution in [3.8, 4) is 5.75 Å². The number of amides is 1. The van der Waals surface area contributed by atoms with E-state index >= 15 is 0 Å². The maximum Gasteiger partial charge on any atom is 0.316 e. The van der Waals surface area contributed by atoms with E-state index in [1.54, 1.807) is 18.2 Å². The topological polar surface area (TPSA) is 102 Å². The molecule has 112 valence electrons. The summed E-state index contributed by atoms with van der Waals surface area (Å²) in [6.07, 6.45) is 0.496. The Balaban J connectivity index is 2.14. The number of carbonyl (C=O) groups excluding carboxylic acids is 1. The molecule has 0 spiro atoms. The lowest BCUT2D eigenvalue weighted by atomic mass is 9.93. The third-order valence-electron chi connectivity index (χ3n) is 3.21. The van der Waals surface area contributed by atoms with Crippen LogP contribution in [0.5, 0.6) is 5.75 Å². The van der Waals surface area contributed by atoms with Crippen LogP contribution in [0.1, 0.15) is 5.56 Å². The lowest BCUT2D eigenvalue weighted by Crippen LogP contribution is -2.35. The number of nitrogens with two attached hydrogens (primary N) is 1. The van der Waals surface area contributed by atoms with Gasteiger partial charge in [-0.25, -0.2) is 4.39 Å². The Morgan fingerprint density at radius 3 is 2.95 bits per heavy atom. The fraction of sp³-hybridized carbons (Fsp3) is 0.286. The number of hydrogen-bond acceptors (Lipinski definition) is 4. The first-order chi connectivity index (χ1) is 10.0. The van der Waals surface area contributed by atoms with Crippen LogP contribution in [0.3, 0.4) is 0 Å². The molecule has 1 aliphatic heterocycles. The first-order valence-corrected chi connectivity index (χ1v) is 6.32. The van der Waals surface area contributed by atoms with E-state index in [4.69, 9.17) is 15.6 Å². The molecule has 2 rings (SSSR count). The maximum absolute atomic E-state index is 12.4. The summed E-state index contributed by atoms with van der Waals surface area (Å²) < 4.78 is 17.8. The number of rotatable bonds is 5. The number of halogens is 1. The third-order valence-corrected chi connectivity index (χ3v) is 3.21. The lowest BCUT2D eigenvalue weighted by molar-refractivity contribution is -0.145. The van der Waals surface area contributed by atoms with Crippen molar-refractivity contribution in [1.29, 1.82) is 0 Å². The average Bonchev–Trinajstić information content (AvgIpc) is 2.47. The number of ether oxygens (including phenoxy) is 1.